The molecule has 0 spiro atoms. The number of nitro benzene ring substituents is 1. The molecular weight excluding hydrogens is 266 g/mol. The molecule has 0 saturated heterocycles. The first kappa shape index (κ1) is 13.3. The Bertz CT molecular complexity index is 738. The van der Waals surface area contributed by atoms with Crippen molar-refractivity contribution in [2.75, 3.05) is 5.32 Å². The van der Waals surface area contributed by atoms with Gasteiger partial charge in [0.05, 0.1) is 10.5 Å². The van der Waals surface area contributed by atoms with Crippen molar-refractivity contribution in [2.45, 2.75) is 0 Å². The SMILES string of the molecule is O=C(Nc1cccc([N+](=O)[O-])c1)c1cc(O)[nH]c(=O)c1. The number of H-pyrrole nitrogens is 1. The number of aromatic amines is 1. The second-order valence-corrected chi connectivity index (χ2v) is 3.88. The lowest BCUT2D eigenvalue weighted by atomic mass is 10.2. The van der Waals surface area contributed by atoms with Crippen molar-refractivity contribution < 1.29 is 14.8 Å². The molecule has 0 fully saturated rings. The van der Waals surface area contributed by atoms with E-state index < -0.39 is 22.3 Å². The van der Waals surface area contributed by atoms with Gasteiger partial charge in [-0.15, -0.1) is 0 Å². The summed E-state index contributed by atoms with van der Waals surface area (Å²) in [6, 6.07) is 7.45. The molecule has 0 bridgehead atoms. The van der Waals surface area contributed by atoms with Crippen LogP contribution in [0.25, 0.3) is 0 Å². The number of aromatic nitrogens is 1. The summed E-state index contributed by atoms with van der Waals surface area (Å²) in [5.41, 5.74) is -0.646. The topological polar surface area (TPSA) is 125 Å². The molecule has 1 amide bonds. The highest BCUT2D eigenvalue weighted by molar-refractivity contribution is 6.04. The third-order valence-electron chi connectivity index (χ3n) is 2.41. The first-order chi connectivity index (χ1) is 9.45. The molecule has 1 aromatic carbocycles. The number of carbonyl (C=O) groups is 1. The number of pyridine rings is 1. The van der Waals surface area contributed by atoms with E-state index in [0.717, 1.165) is 12.1 Å². The highest BCUT2D eigenvalue weighted by Crippen LogP contribution is 2.18. The summed E-state index contributed by atoms with van der Waals surface area (Å²) >= 11 is 0. The molecule has 1 aromatic heterocycles. The number of aromatic hydroxyl groups is 1. The van der Waals surface area contributed by atoms with Crippen molar-refractivity contribution in [1.29, 1.82) is 0 Å². The molecule has 0 atom stereocenters. The number of benzene rings is 1. The van der Waals surface area contributed by atoms with E-state index in [1.165, 1.54) is 24.3 Å². The molecule has 0 radical (unpaired) electrons. The minimum Gasteiger partial charge on any atom is -0.494 e. The molecule has 102 valence electrons. The van der Waals surface area contributed by atoms with Crippen LogP contribution in [-0.2, 0) is 0 Å². The summed E-state index contributed by atoms with van der Waals surface area (Å²) in [6.45, 7) is 0. The molecule has 8 nitrogen and oxygen atoms in total. The van der Waals surface area contributed by atoms with Gasteiger partial charge >= 0.3 is 0 Å². The van der Waals surface area contributed by atoms with Gasteiger partial charge in [-0.3, -0.25) is 24.7 Å². The Balaban J connectivity index is 2.25. The number of hydrogen-bond acceptors (Lipinski definition) is 5. The number of non-ortho nitro benzene ring substituents is 1. The van der Waals surface area contributed by atoms with Crippen LogP contribution in [0, 0.1) is 10.1 Å². The zero-order valence-corrected chi connectivity index (χ0v) is 9.99. The van der Waals surface area contributed by atoms with Gasteiger partial charge in [-0.05, 0) is 6.07 Å². The van der Waals surface area contributed by atoms with E-state index >= 15 is 0 Å². The average Bonchev–Trinajstić information content (AvgIpc) is 2.37. The zero-order valence-electron chi connectivity index (χ0n) is 9.99. The van der Waals surface area contributed by atoms with Crippen LogP contribution >= 0.6 is 0 Å². The quantitative estimate of drug-likeness (QED) is 0.574. The van der Waals surface area contributed by atoms with Crippen LogP contribution in [0.5, 0.6) is 5.88 Å². The van der Waals surface area contributed by atoms with Crippen LogP contribution in [0.2, 0.25) is 0 Å². The number of carbonyl (C=O) groups excluding carboxylic acids is 1. The van der Waals surface area contributed by atoms with Gasteiger partial charge in [0.15, 0.2) is 5.88 Å². The number of hydrogen-bond donors (Lipinski definition) is 3. The highest BCUT2D eigenvalue weighted by atomic mass is 16.6. The van der Waals surface area contributed by atoms with Crippen LogP contribution in [0.1, 0.15) is 10.4 Å². The number of nitro groups is 1. The normalized spacial score (nSPS) is 10.0. The van der Waals surface area contributed by atoms with Crippen LogP contribution in [0.15, 0.2) is 41.2 Å². The lowest BCUT2D eigenvalue weighted by Gasteiger charge is -2.05. The van der Waals surface area contributed by atoms with Crippen molar-refractivity contribution in [3.05, 3.63) is 62.4 Å². The minimum atomic E-state index is -0.660. The monoisotopic (exact) mass is 275 g/mol. The summed E-state index contributed by atoms with van der Waals surface area (Å²) < 4.78 is 0. The molecule has 0 saturated carbocycles. The molecule has 0 aliphatic heterocycles. The fourth-order valence-electron chi connectivity index (χ4n) is 1.56. The molecule has 2 aromatic rings. The van der Waals surface area contributed by atoms with E-state index in [-0.39, 0.29) is 16.9 Å². The number of anilines is 1. The Morgan fingerprint density at radius 3 is 2.70 bits per heavy atom. The number of nitrogens with zero attached hydrogens (tertiary/aromatic N) is 1. The first-order valence-electron chi connectivity index (χ1n) is 5.45. The summed E-state index contributed by atoms with van der Waals surface area (Å²) in [4.78, 5) is 35.1. The van der Waals surface area contributed by atoms with E-state index in [2.05, 4.69) is 10.3 Å². The Labute approximate surface area is 111 Å². The molecule has 3 N–H and O–H groups in total. The van der Waals surface area contributed by atoms with Crippen LogP contribution in [0.4, 0.5) is 11.4 Å². The predicted molar refractivity (Wildman–Crippen MR) is 69.8 cm³/mol. The van der Waals surface area contributed by atoms with Gasteiger partial charge in [-0.1, -0.05) is 6.07 Å². The first-order valence-corrected chi connectivity index (χ1v) is 5.45. The molecule has 0 unspecified atom stereocenters. The van der Waals surface area contributed by atoms with Crippen LogP contribution < -0.4 is 10.9 Å². The van der Waals surface area contributed by atoms with Gasteiger partial charge in [0.1, 0.15) is 0 Å². The Morgan fingerprint density at radius 1 is 1.30 bits per heavy atom. The fourth-order valence-corrected chi connectivity index (χ4v) is 1.56. The lowest BCUT2D eigenvalue weighted by Crippen LogP contribution is -2.15. The highest BCUT2D eigenvalue weighted by Gasteiger charge is 2.11. The molecule has 20 heavy (non-hydrogen) atoms. The van der Waals surface area contributed by atoms with Crippen molar-refractivity contribution in [1.82, 2.24) is 4.98 Å². The predicted octanol–water partition coefficient (Wildman–Crippen LogP) is 1.24. The van der Waals surface area contributed by atoms with Gasteiger partial charge < -0.3 is 10.4 Å². The second-order valence-electron chi connectivity index (χ2n) is 3.88. The molecule has 2 rings (SSSR count). The van der Waals surface area contributed by atoms with Crippen molar-refractivity contribution in [3.63, 3.8) is 0 Å². The number of rotatable bonds is 3. The minimum absolute atomic E-state index is 0.0576. The summed E-state index contributed by atoms with van der Waals surface area (Å²) in [7, 11) is 0. The smallest absolute Gasteiger partial charge is 0.271 e. The fraction of sp³-hybridized carbons (Fsp3) is 0. The van der Waals surface area contributed by atoms with E-state index in [0.29, 0.717) is 0 Å². The second kappa shape index (κ2) is 5.22. The van der Waals surface area contributed by atoms with Gasteiger partial charge in [0.2, 0.25) is 0 Å². The van der Waals surface area contributed by atoms with Gasteiger partial charge in [0.25, 0.3) is 17.2 Å². The van der Waals surface area contributed by atoms with Crippen molar-refractivity contribution in [2.24, 2.45) is 0 Å². The van der Waals surface area contributed by atoms with Crippen LogP contribution in [-0.4, -0.2) is 20.9 Å². The molecular formula is C12H9N3O5. The number of amides is 1. The van der Waals surface area contributed by atoms with Gasteiger partial charge in [0, 0.05) is 30.0 Å². The standard InChI is InChI=1S/C12H9N3O5/c16-10-4-7(5-11(17)14-10)12(18)13-8-2-1-3-9(6-8)15(19)20/h1-6H,(H,13,18)(H2,14,16,17). The zero-order chi connectivity index (χ0) is 14.7. The van der Waals surface area contributed by atoms with E-state index in [1.54, 1.807) is 0 Å². The van der Waals surface area contributed by atoms with E-state index in [4.69, 9.17) is 0 Å². The molecule has 0 aliphatic carbocycles. The summed E-state index contributed by atoms with van der Waals surface area (Å²) in [5.74, 6) is -1.10. The summed E-state index contributed by atoms with van der Waals surface area (Å²) in [6.07, 6.45) is 0. The molecule has 0 aliphatic rings. The lowest BCUT2D eigenvalue weighted by molar-refractivity contribution is -0.384. The molecule has 1 heterocycles. The summed E-state index contributed by atoms with van der Waals surface area (Å²) in [5, 5.41) is 22.2. The third kappa shape index (κ3) is 2.99. The maximum absolute atomic E-state index is 11.9. The van der Waals surface area contributed by atoms with Crippen molar-refractivity contribution in [3.8, 4) is 5.88 Å². The average molecular weight is 275 g/mol. The Morgan fingerprint density at radius 2 is 2.05 bits per heavy atom. The van der Waals surface area contributed by atoms with Crippen LogP contribution in [0.3, 0.4) is 0 Å². The van der Waals surface area contributed by atoms with Gasteiger partial charge in [-0.2, -0.15) is 0 Å². The third-order valence-corrected chi connectivity index (χ3v) is 2.41. The van der Waals surface area contributed by atoms with E-state index in [1.807, 2.05) is 0 Å². The van der Waals surface area contributed by atoms with E-state index in [9.17, 15) is 24.8 Å². The maximum atomic E-state index is 11.9. The maximum Gasteiger partial charge on any atom is 0.271 e. The van der Waals surface area contributed by atoms with Gasteiger partial charge in [-0.25, -0.2) is 0 Å². The van der Waals surface area contributed by atoms with Crippen molar-refractivity contribution >= 4 is 17.3 Å². The largest absolute Gasteiger partial charge is 0.494 e. The Kier molecular flexibility index (Phi) is 3.47. The molecule has 8 heteroatoms. The Hall–Kier alpha value is -3.16. The number of nitrogens with one attached hydrogen (secondary N) is 2.